The number of anilines is 1. The second-order valence-corrected chi connectivity index (χ2v) is 9.03. The highest BCUT2D eigenvalue weighted by molar-refractivity contribution is 9.10. The van der Waals surface area contributed by atoms with Gasteiger partial charge in [0.2, 0.25) is 0 Å². The van der Waals surface area contributed by atoms with Gasteiger partial charge in [-0.05, 0) is 40.5 Å². The summed E-state index contributed by atoms with van der Waals surface area (Å²) in [5, 5.41) is 15.1. The number of hydrogen-bond donors (Lipinski definition) is 1. The fourth-order valence-electron chi connectivity index (χ4n) is 4.63. The molecule has 2 atom stereocenters. The molecule has 1 aliphatic heterocycles. The smallest absolute Gasteiger partial charge is 0.298 e. The van der Waals surface area contributed by atoms with Crippen molar-refractivity contribution in [2.45, 2.75) is 18.9 Å². The Morgan fingerprint density at radius 2 is 2.24 bits per heavy atom. The molecule has 1 fully saturated rings. The third-order valence-electron chi connectivity index (χ3n) is 6.26. The lowest BCUT2D eigenvalue weighted by Gasteiger charge is -2.22. The highest BCUT2D eigenvalue weighted by atomic mass is 79.9. The zero-order valence-electron chi connectivity index (χ0n) is 17.5. The number of aromatic nitrogens is 6. The molecule has 2 unspecified atom stereocenters. The molecule has 0 saturated carbocycles. The van der Waals surface area contributed by atoms with Crippen LogP contribution < -0.4 is 4.90 Å². The Morgan fingerprint density at radius 1 is 1.30 bits per heavy atom. The molecule has 0 amide bonds. The fourth-order valence-corrected chi connectivity index (χ4v) is 5.06. The topological polar surface area (TPSA) is 112 Å². The third-order valence-corrected chi connectivity index (χ3v) is 6.89. The van der Waals surface area contributed by atoms with Crippen LogP contribution in [0.1, 0.15) is 18.9 Å². The number of nitrogens with zero attached hydrogens (tertiary/aromatic N) is 7. The predicted octanol–water partition coefficient (Wildman–Crippen LogP) is 4.71. The Kier molecular flexibility index (Phi) is 4.84. The van der Waals surface area contributed by atoms with Crippen molar-refractivity contribution >= 4 is 44.1 Å². The summed E-state index contributed by atoms with van der Waals surface area (Å²) in [4.78, 5) is 18.6. The lowest BCUT2D eigenvalue weighted by Crippen LogP contribution is -2.25. The first-order valence-electron chi connectivity index (χ1n) is 10.7. The number of benzene rings is 1. The number of para-hydroxylation sites is 1. The fraction of sp³-hybridized carbons (Fsp3) is 0.261. The van der Waals surface area contributed by atoms with Gasteiger partial charge in [0.1, 0.15) is 17.5 Å². The highest BCUT2D eigenvalue weighted by Crippen LogP contribution is 2.36. The molecule has 1 N–H and O–H groups in total. The van der Waals surface area contributed by atoms with Gasteiger partial charge in [-0.2, -0.15) is 15.3 Å². The van der Waals surface area contributed by atoms with E-state index in [1.54, 1.807) is 6.33 Å². The van der Waals surface area contributed by atoms with Crippen molar-refractivity contribution in [3.8, 4) is 17.3 Å². The predicted molar refractivity (Wildman–Crippen MR) is 126 cm³/mol. The van der Waals surface area contributed by atoms with E-state index < -0.39 is 0 Å². The Hall–Kier alpha value is -3.71. The molecule has 9 nitrogen and oxygen atoms in total. The van der Waals surface area contributed by atoms with Gasteiger partial charge >= 0.3 is 0 Å². The second kappa shape index (κ2) is 8.01. The minimum absolute atomic E-state index is 0.0478. The van der Waals surface area contributed by atoms with Crippen LogP contribution in [0.3, 0.4) is 0 Å². The number of halogens is 1. The van der Waals surface area contributed by atoms with E-state index in [4.69, 9.17) is 4.42 Å². The summed E-state index contributed by atoms with van der Waals surface area (Å²) in [7, 11) is 0. The number of nitriles is 1. The van der Waals surface area contributed by atoms with E-state index in [9.17, 15) is 5.26 Å². The quantitative estimate of drug-likeness (QED) is 0.370. The number of aromatic amines is 1. The molecular weight excluding hydrogens is 484 g/mol. The summed E-state index contributed by atoms with van der Waals surface area (Å²) < 4.78 is 8.84. The van der Waals surface area contributed by atoms with Crippen molar-refractivity contribution in [1.82, 2.24) is 29.7 Å². The van der Waals surface area contributed by atoms with Crippen LogP contribution in [0.25, 0.3) is 33.4 Å². The van der Waals surface area contributed by atoms with E-state index in [1.165, 1.54) is 0 Å². The van der Waals surface area contributed by atoms with Crippen molar-refractivity contribution < 1.29 is 4.42 Å². The van der Waals surface area contributed by atoms with Crippen molar-refractivity contribution in [3.63, 3.8) is 0 Å². The van der Waals surface area contributed by atoms with E-state index in [0.29, 0.717) is 12.4 Å². The molecule has 0 bridgehead atoms. The molecule has 5 aromatic rings. The Bertz CT molecular complexity index is 1500. The Labute approximate surface area is 197 Å². The van der Waals surface area contributed by atoms with Gasteiger partial charge in [0.05, 0.1) is 34.9 Å². The summed E-state index contributed by atoms with van der Waals surface area (Å²) in [6.45, 7) is 1.57. The molecule has 1 aromatic carbocycles. The van der Waals surface area contributed by atoms with Crippen molar-refractivity contribution in [3.05, 3.63) is 53.7 Å². The molecule has 0 aliphatic carbocycles. The van der Waals surface area contributed by atoms with Crippen LogP contribution in [0.15, 0.2) is 58.1 Å². The minimum atomic E-state index is -0.0478. The SMILES string of the molecule is N#CCC(C1CCN(c2nc3cccc(Br)c3o2)C1)n1cc(-c2ncnc3[nH]ccc23)cn1. The van der Waals surface area contributed by atoms with Gasteiger partial charge in [0, 0.05) is 42.4 Å². The van der Waals surface area contributed by atoms with Gasteiger partial charge in [-0.15, -0.1) is 0 Å². The lowest BCUT2D eigenvalue weighted by atomic mass is 9.96. The molecule has 4 aromatic heterocycles. The number of fused-ring (bicyclic) bond motifs is 2. The Morgan fingerprint density at radius 3 is 3.12 bits per heavy atom. The average Bonchev–Trinajstić information content (AvgIpc) is 3.62. The minimum Gasteiger partial charge on any atom is -0.422 e. The van der Waals surface area contributed by atoms with Gasteiger partial charge in [-0.1, -0.05) is 6.07 Å². The summed E-state index contributed by atoms with van der Waals surface area (Å²) in [6.07, 6.45) is 8.49. The van der Waals surface area contributed by atoms with Crippen LogP contribution in [-0.2, 0) is 0 Å². The molecule has 1 saturated heterocycles. The number of hydrogen-bond acceptors (Lipinski definition) is 7. The van der Waals surface area contributed by atoms with Gasteiger partial charge in [0.25, 0.3) is 6.01 Å². The molecule has 164 valence electrons. The maximum Gasteiger partial charge on any atom is 0.298 e. The summed E-state index contributed by atoms with van der Waals surface area (Å²) in [5.74, 6) is 0.244. The van der Waals surface area contributed by atoms with Crippen LogP contribution in [0.5, 0.6) is 0 Å². The zero-order valence-corrected chi connectivity index (χ0v) is 19.1. The molecule has 5 heterocycles. The lowest BCUT2D eigenvalue weighted by molar-refractivity contribution is 0.331. The first kappa shape index (κ1) is 19.9. The number of nitrogens with one attached hydrogen (secondary N) is 1. The Balaban J connectivity index is 1.27. The molecule has 1 aliphatic rings. The molecule has 0 radical (unpaired) electrons. The van der Waals surface area contributed by atoms with E-state index in [0.717, 1.165) is 57.4 Å². The monoisotopic (exact) mass is 502 g/mol. The maximum atomic E-state index is 9.54. The second-order valence-electron chi connectivity index (χ2n) is 8.18. The van der Waals surface area contributed by atoms with E-state index in [-0.39, 0.29) is 12.0 Å². The van der Waals surface area contributed by atoms with E-state index in [1.807, 2.05) is 47.5 Å². The van der Waals surface area contributed by atoms with Crippen molar-refractivity contribution in [1.29, 1.82) is 5.26 Å². The van der Waals surface area contributed by atoms with E-state index in [2.05, 4.69) is 51.9 Å². The summed E-state index contributed by atoms with van der Waals surface area (Å²) in [5.41, 5.74) is 4.10. The number of rotatable bonds is 5. The average molecular weight is 503 g/mol. The summed E-state index contributed by atoms with van der Waals surface area (Å²) in [6, 6.07) is 10.7. The third kappa shape index (κ3) is 3.45. The number of H-pyrrole nitrogens is 1. The van der Waals surface area contributed by atoms with Gasteiger partial charge in [0.15, 0.2) is 5.58 Å². The highest BCUT2D eigenvalue weighted by Gasteiger charge is 2.33. The molecule has 33 heavy (non-hydrogen) atoms. The van der Waals surface area contributed by atoms with Crippen molar-refractivity contribution in [2.75, 3.05) is 18.0 Å². The molecular formula is C23H19BrN8O. The largest absolute Gasteiger partial charge is 0.422 e. The van der Waals surface area contributed by atoms with Crippen LogP contribution in [-0.4, -0.2) is 42.8 Å². The first-order valence-corrected chi connectivity index (χ1v) is 11.5. The summed E-state index contributed by atoms with van der Waals surface area (Å²) >= 11 is 3.53. The molecule has 6 rings (SSSR count). The first-order chi connectivity index (χ1) is 16.2. The van der Waals surface area contributed by atoms with Gasteiger partial charge in [-0.3, -0.25) is 4.68 Å². The number of oxazole rings is 1. The van der Waals surface area contributed by atoms with Crippen molar-refractivity contribution in [2.24, 2.45) is 5.92 Å². The van der Waals surface area contributed by atoms with Gasteiger partial charge in [-0.25, -0.2) is 9.97 Å². The molecule has 0 spiro atoms. The van der Waals surface area contributed by atoms with Crippen LogP contribution >= 0.6 is 15.9 Å². The van der Waals surface area contributed by atoms with E-state index >= 15 is 0 Å². The normalized spacial score (nSPS) is 17.1. The van der Waals surface area contributed by atoms with Gasteiger partial charge < -0.3 is 14.3 Å². The van der Waals surface area contributed by atoms with Crippen LogP contribution in [0, 0.1) is 17.2 Å². The van der Waals surface area contributed by atoms with Crippen LogP contribution in [0.2, 0.25) is 0 Å². The zero-order chi connectivity index (χ0) is 22.4. The molecule has 10 heteroatoms. The standard InChI is InChI=1S/C23H19BrN8O/c24-17-2-1-3-18-21(17)33-23(30-18)31-9-6-14(11-31)19(4-7-25)32-12-15(10-29-32)20-16-5-8-26-22(16)28-13-27-20/h1-3,5,8,10,12-14,19H,4,6,9,11H2,(H,26,27,28). The van der Waals surface area contributed by atoms with Crippen LogP contribution in [0.4, 0.5) is 6.01 Å². The maximum absolute atomic E-state index is 9.54.